The number of esters is 1. The first-order valence-electron chi connectivity index (χ1n) is 5.05. The van der Waals surface area contributed by atoms with Gasteiger partial charge in [-0.25, -0.2) is 9.97 Å². The molecule has 0 amide bonds. The Kier molecular flexibility index (Phi) is 3.54. The molecule has 0 unspecified atom stereocenters. The Balaban J connectivity index is 2.24. The number of aryl methyl sites for hydroxylation is 2. The standard InChI is InChI=1S/C11H12N2O2S2/c1-6-11(17-7(2)12-6)8-5-16-9(13-8)4-10(14)15-3/h5H,4H2,1-3H3. The lowest BCUT2D eigenvalue weighted by molar-refractivity contribution is -0.139. The van der Waals surface area contributed by atoms with Gasteiger partial charge in [0.15, 0.2) is 0 Å². The van der Waals surface area contributed by atoms with E-state index in [1.165, 1.54) is 18.4 Å². The van der Waals surface area contributed by atoms with E-state index < -0.39 is 0 Å². The fourth-order valence-electron chi connectivity index (χ4n) is 1.46. The van der Waals surface area contributed by atoms with E-state index in [1.807, 2.05) is 19.2 Å². The molecule has 2 heterocycles. The van der Waals surface area contributed by atoms with E-state index in [4.69, 9.17) is 0 Å². The van der Waals surface area contributed by atoms with Gasteiger partial charge in [-0.1, -0.05) is 0 Å². The number of ether oxygens (including phenoxy) is 1. The van der Waals surface area contributed by atoms with Crippen molar-refractivity contribution in [2.24, 2.45) is 0 Å². The molecule has 0 atom stereocenters. The van der Waals surface area contributed by atoms with Crippen LogP contribution in [-0.4, -0.2) is 23.0 Å². The third kappa shape index (κ3) is 2.70. The Morgan fingerprint density at radius 2 is 2.18 bits per heavy atom. The van der Waals surface area contributed by atoms with E-state index in [0.29, 0.717) is 0 Å². The van der Waals surface area contributed by atoms with Crippen LogP contribution in [0, 0.1) is 13.8 Å². The van der Waals surface area contributed by atoms with Crippen LogP contribution in [0.2, 0.25) is 0 Å². The summed E-state index contributed by atoms with van der Waals surface area (Å²) in [6.07, 6.45) is 0.234. The number of carbonyl (C=O) groups excluding carboxylic acids is 1. The molecular weight excluding hydrogens is 256 g/mol. The zero-order chi connectivity index (χ0) is 12.4. The molecule has 0 aromatic carbocycles. The normalized spacial score (nSPS) is 10.5. The van der Waals surface area contributed by atoms with E-state index in [2.05, 4.69) is 14.7 Å². The third-order valence-electron chi connectivity index (χ3n) is 2.21. The number of aromatic nitrogens is 2. The van der Waals surface area contributed by atoms with Crippen molar-refractivity contribution in [3.05, 3.63) is 21.1 Å². The molecule has 0 aliphatic heterocycles. The summed E-state index contributed by atoms with van der Waals surface area (Å²) in [5.41, 5.74) is 1.89. The predicted octanol–water partition coefficient (Wildman–Crippen LogP) is 2.60. The molecule has 2 rings (SSSR count). The van der Waals surface area contributed by atoms with Gasteiger partial charge < -0.3 is 4.74 Å². The molecule has 17 heavy (non-hydrogen) atoms. The van der Waals surface area contributed by atoms with Gasteiger partial charge in [0.2, 0.25) is 0 Å². The van der Waals surface area contributed by atoms with Gasteiger partial charge >= 0.3 is 5.97 Å². The van der Waals surface area contributed by atoms with Gasteiger partial charge in [-0.2, -0.15) is 0 Å². The molecule has 0 saturated heterocycles. The smallest absolute Gasteiger partial charge is 0.312 e. The van der Waals surface area contributed by atoms with Crippen LogP contribution in [0.15, 0.2) is 5.38 Å². The number of nitrogens with zero attached hydrogens (tertiary/aromatic N) is 2. The van der Waals surface area contributed by atoms with Crippen LogP contribution in [0.1, 0.15) is 15.7 Å². The van der Waals surface area contributed by atoms with E-state index in [9.17, 15) is 4.79 Å². The summed E-state index contributed by atoms with van der Waals surface area (Å²) in [4.78, 5) is 21.0. The van der Waals surface area contributed by atoms with Crippen LogP contribution in [-0.2, 0) is 16.0 Å². The van der Waals surface area contributed by atoms with Crippen molar-refractivity contribution in [2.45, 2.75) is 20.3 Å². The highest BCUT2D eigenvalue weighted by Gasteiger charge is 2.13. The van der Waals surface area contributed by atoms with Gasteiger partial charge in [-0.05, 0) is 13.8 Å². The molecule has 2 aromatic rings. The first-order chi connectivity index (χ1) is 8.10. The SMILES string of the molecule is COC(=O)Cc1nc(-c2sc(C)nc2C)cs1. The quantitative estimate of drug-likeness (QED) is 0.803. The number of carbonyl (C=O) groups is 1. The number of methoxy groups -OCH3 is 1. The summed E-state index contributed by atoms with van der Waals surface area (Å²) in [6, 6.07) is 0. The molecule has 0 aliphatic rings. The highest BCUT2D eigenvalue weighted by molar-refractivity contribution is 7.16. The Bertz CT molecular complexity index is 545. The Hall–Kier alpha value is -1.27. The molecule has 4 nitrogen and oxygen atoms in total. The topological polar surface area (TPSA) is 52.1 Å². The summed E-state index contributed by atoms with van der Waals surface area (Å²) in [6.45, 7) is 3.95. The average Bonchev–Trinajstić information content (AvgIpc) is 2.85. The molecule has 2 aromatic heterocycles. The Labute approximate surface area is 107 Å². The van der Waals surface area contributed by atoms with Crippen molar-refractivity contribution in [3.8, 4) is 10.6 Å². The number of thiazole rings is 2. The lowest BCUT2D eigenvalue weighted by atomic mass is 10.3. The van der Waals surface area contributed by atoms with E-state index >= 15 is 0 Å². The summed E-state index contributed by atoms with van der Waals surface area (Å²) in [5.74, 6) is -0.261. The van der Waals surface area contributed by atoms with Crippen LogP contribution in [0.4, 0.5) is 0 Å². The molecule has 6 heteroatoms. The number of rotatable bonds is 3. The fourth-order valence-corrected chi connectivity index (χ4v) is 3.19. The fraction of sp³-hybridized carbons (Fsp3) is 0.364. The van der Waals surface area contributed by atoms with Crippen molar-refractivity contribution in [2.75, 3.05) is 7.11 Å². The number of hydrogen-bond donors (Lipinski definition) is 0. The first kappa shape index (κ1) is 12.2. The monoisotopic (exact) mass is 268 g/mol. The molecule has 0 saturated carbocycles. The second-order valence-electron chi connectivity index (χ2n) is 3.53. The highest BCUT2D eigenvalue weighted by atomic mass is 32.1. The van der Waals surface area contributed by atoms with E-state index in [0.717, 1.165) is 26.3 Å². The minimum absolute atomic E-state index is 0.234. The lowest BCUT2D eigenvalue weighted by Gasteiger charge is -1.94. The van der Waals surface area contributed by atoms with Crippen LogP contribution in [0.3, 0.4) is 0 Å². The summed E-state index contributed by atoms with van der Waals surface area (Å²) in [5, 5.41) is 3.76. The Morgan fingerprint density at radius 1 is 1.41 bits per heavy atom. The maximum Gasteiger partial charge on any atom is 0.312 e. The average molecular weight is 268 g/mol. The van der Waals surface area contributed by atoms with Crippen LogP contribution in [0.25, 0.3) is 10.6 Å². The summed E-state index contributed by atoms with van der Waals surface area (Å²) in [7, 11) is 1.38. The molecule has 0 bridgehead atoms. The minimum Gasteiger partial charge on any atom is -0.469 e. The Morgan fingerprint density at radius 3 is 2.76 bits per heavy atom. The second-order valence-corrected chi connectivity index (χ2v) is 5.67. The van der Waals surface area contributed by atoms with Gasteiger partial charge in [0.25, 0.3) is 0 Å². The largest absolute Gasteiger partial charge is 0.469 e. The van der Waals surface area contributed by atoms with Crippen LogP contribution >= 0.6 is 22.7 Å². The minimum atomic E-state index is -0.261. The predicted molar refractivity (Wildman–Crippen MR) is 68.4 cm³/mol. The van der Waals surface area contributed by atoms with Crippen molar-refractivity contribution < 1.29 is 9.53 Å². The summed E-state index contributed by atoms with van der Waals surface area (Å²) >= 11 is 3.10. The number of hydrogen-bond acceptors (Lipinski definition) is 6. The molecular formula is C11H12N2O2S2. The van der Waals surface area contributed by atoms with Crippen molar-refractivity contribution in [3.63, 3.8) is 0 Å². The van der Waals surface area contributed by atoms with Crippen LogP contribution < -0.4 is 0 Å². The first-order valence-corrected chi connectivity index (χ1v) is 6.75. The van der Waals surface area contributed by atoms with Gasteiger partial charge in [0.1, 0.15) is 5.01 Å². The van der Waals surface area contributed by atoms with Crippen molar-refractivity contribution >= 4 is 28.6 Å². The molecule has 0 N–H and O–H groups in total. The van der Waals surface area contributed by atoms with Gasteiger partial charge in [0.05, 0.1) is 34.8 Å². The molecule has 0 aliphatic carbocycles. The lowest BCUT2D eigenvalue weighted by Crippen LogP contribution is -2.03. The van der Waals surface area contributed by atoms with Gasteiger partial charge in [-0.15, -0.1) is 22.7 Å². The third-order valence-corrected chi connectivity index (χ3v) is 4.16. The molecule has 0 spiro atoms. The molecule has 0 fully saturated rings. The second kappa shape index (κ2) is 4.93. The van der Waals surface area contributed by atoms with Crippen molar-refractivity contribution in [1.29, 1.82) is 0 Å². The van der Waals surface area contributed by atoms with Gasteiger partial charge in [0, 0.05) is 5.38 Å². The zero-order valence-corrected chi connectivity index (χ0v) is 11.4. The van der Waals surface area contributed by atoms with Crippen molar-refractivity contribution in [1.82, 2.24) is 9.97 Å². The maximum absolute atomic E-state index is 11.1. The summed E-state index contributed by atoms with van der Waals surface area (Å²) < 4.78 is 4.61. The molecule has 0 radical (unpaired) electrons. The van der Waals surface area contributed by atoms with Gasteiger partial charge in [-0.3, -0.25) is 4.79 Å². The van der Waals surface area contributed by atoms with E-state index in [-0.39, 0.29) is 12.4 Å². The molecule has 90 valence electrons. The van der Waals surface area contributed by atoms with Crippen LogP contribution in [0.5, 0.6) is 0 Å². The highest BCUT2D eigenvalue weighted by Crippen LogP contribution is 2.30. The van der Waals surface area contributed by atoms with E-state index in [1.54, 1.807) is 11.3 Å². The maximum atomic E-state index is 11.1. The zero-order valence-electron chi connectivity index (χ0n) is 9.81.